The summed E-state index contributed by atoms with van der Waals surface area (Å²) in [5, 5.41) is 16.3. The predicted octanol–water partition coefficient (Wildman–Crippen LogP) is 0.550. The van der Waals surface area contributed by atoms with Crippen LogP contribution < -0.4 is 5.32 Å². The van der Waals surface area contributed by atoms with Crippen molar-refractivity contribution in [2.24, 2.45) is 0 Å². The van der Waals surface area contributed by atoms with Crippen LogP contribution in [0.1, 0.15) is 19.5 Å². The lowest BCUT2D eigenvalue weighted by atomic mass is 10.3. The lowest BCUT2D eigenvalue weighted by molar-refractivity contribution is 0.00626. The first-order chi connectivity index (χ1) is 7.18. The molecule has 1 atom stereocenters. The quantitative estimate of drug-likeness (QED) is 0.693. The molecule has 0 spiro atoms. The average molecular weight is 214 g/mol. The van der Waals surface area contributed by atoms with Crippen molar-refractivity contribution in [2.75, 3.05) is 13.2 Å². The van der Waals surface area contributed by atoms with Crippen LogP contribution in [0.3, 0.4) is 0 Å². The number of aliphatic hydroxyl groups is 1. The van der Waals surface area contributed by atoms with Gasteiger partial charge in [0.1, 0.15) is 6.26 Å². The highest BCUT2D eigenvalue weighted by atomic mass is 16.5. The lowest BCUT2D eigenvalue weighted by Crippen LogP contribution is -2.31. The van der Waals surface area contributed by atoms with Crippen LogP contribution in [0.25, 0.3) is 0 Å². The van der Waals surface area contributed by atoms with Gasteiger partial charge in [0.25, 0.3) is 0 Å². The topological polar surface area (TPSA) is 67.5 Å². The molecule has 1 unspecified atom stereocenters. The smallest absolute Gasteiger partial charge is 0.124 e. The zero-order chi connectivity index (χ0) is 11.1. The van der Waals surface area contributed by atoms with Crippen LogP contribution in [-0.2, 0) is 11.3 Å². The SMILES string of the molecule is CC(C)OCC(O)CNCc1ccon1. The Kier molecular flexibility index (Phi) is 5.31. The summed E-state index contributed by atoms with van der Waals surface area (Å²) in [5.74, 6) is 0. The second-order valence-corrected chi connectivity index (χ2v) is 3.66. The molecule has 0 aliphatic carbocycles. The highest BCUT2D eigenvalue weighted by Crippen LogP contribution is 1.94. The monoisotopic (exact) mass is 214 g/mol. The Balaban J connectivity index is 2.04. The fourth-order valence-corrected chi connectivity index (χ4v) is 1.06. The van der Waals surface area contributed by atoms with E-state index in [1.807, 2.05) is 13.8 Å². The number of hydrogen-bond donors (Lipinski definition) is 2. The zero-order valence-electron chi connectivity index (χ0n) is 9.14. The van der Waals surface area contributed by atoms with Gasteiger partial charge in [0.05, 0.1) is 24.5 Å². The van der Waals surface area contributed by atoms with Gasteiger partial charge >= 0.3 is 0 Å². The first-order valence-electron chi connectivity index (χ1n) is 5.08. The molecule has 0 saturated heterocycles. The second kappa shape index (κ2) is 6.55. The van der Waals surface area contributed by atoms with E-state index in [0.717, 1.165) is 5.69 Å². The van der Waals surface area contributed by atoms with Gasteiger partial charge in [-0.1, -0.05) is 5.16 Å². The molecule has 1 heterocycles. The van der Waals surface area contributed by atoms with Gasteiger partial charge in [-0.25, -0.2) is 0 Å². The van der Waals surface area contributed by atoms with Crippen LogP contribution in [-0.4, -0.2) is 35.6 Å². The molecule has 0 aliphatic heterocycles. The van der Waals surface area contributed by atoms with Gasteiger partial charge in [0.15, 0.2) is 0 Å². The van der Waals surface area contributed by atoms with Crippen molar-refractivity contribution in [3.05, 3.63) is 18.0 Å². The molecule has 0 aromatic carbocycles. The molecular weight excluding hydrogens is 196 g/mol. The molecule has 2 N–H and O–H groups in total. The van der Waals surface area contributed by atoms with E-state index in [0.29, 0.717) is 19.7 Å². The summed E-state index contributed by atoms with van der Waals surface area (Å²) in [6, 6.07) is 1.78. The number of aromatic nitrogens is 1. The molecule has 5 nitrogen and oxygen atoms in total. The third kappa shape index (κ3) is 5.51. The molecule has 1 aromatic heterocycles. The maximum Gasteiger partial charge on any atom is 0.124 e. The van der Waals surface area contributed by atoms with Crippen LogP contribution in [0, 0.1) is 0 Å². The standard InChI is InChI=1S/C10H18N2O3/c1-8(2)14-7-10(13)6-11-5-9-3-4-15-12-9/h3-4,8,10-11,13H,5-7H2,1-2H3. The predicted molar refractivity (Wildman–Crippen MR) is 55.3 cm³/mol. The minimum atomic E-state index is -0.487. The van der Waals surface area contributed by atoms with E-state index in [9.17, 15) is 5.11 Å². The molecule has 0 fully saturated rings. The van der Waals surface area contributed by atoms with Gasteiger partial charge in [-0.05, 0) is 13.8 Å². The summed E-state index contributed by atoms with van der Waals surface area (Å²) in [5.41, 5.74) is 0.826. The number of nitrogens with one attached hydrogen (secondary N) is 1. The normalized spacial score (nSPS) is 13.3. The summed E-state index contributed by atoms with van der Waals surface area (Å²) in [6.07, 6.45) is 1.18. The van der Waals surface area contributed by atoms with Crippen LogP contribution in [0.5, 0.6) is 0 Å². The summed E-state index contributed by atoms with van der Waals surface area (Å²) in [6.45, 7) is 5.31. The Morgan fingerprint density at radius 3 is 3.00 bits per heavy atom. The molecule has 86 valence electrons. The van der Waals surface area contributed by atoms with Crippen LogP contribution in [0.4, 0.5) is 0 Å². The number of aliphatic hydroxyl groups excluding tert-OH is 1. The van der Waals surface area contributed by atoms with Gasteiger partial charge in [0, 0.05) is 19.2 Å². The Morgan fingerprint density at radius 2 is 2.40 bits per heavy atom. The van der Waals surface area contributed by atoms with Crippen molar-refractivity contribution in [1.29, 1.82) is 0 Å². The Morgan fingerprint density at radius 1 is 1.60 bits per heavy atom. The van der Waals surface area contributed by atoms with Crippen molar-refractivity contribution < 1.29 is 14.4 Å². The van der Waals surface area contributed by atoms with Crippen molar-refractivity contribution in [2.45, 2.75) is 32.6 Å². The highest BCUT2D eigenvalue weighted by molar-refractivity contribution is 4.94. The minimum absolute atomic E-state index is 0.148. The fraction of sp³-hybridized carbons (Fsp3) is 0.700. The third-order valence-corrected chi connectivity index (χ3v) is 1.80. The third-order valence-electron chi connectivity index (χ3n) is 1.80. The van der Waals surface area contributed by atoms with E-state index in [1.54, 1.807) is 6.07 Å². The molecule has 15 heavy (non-hydrogen) atoms. The maximum atomic E-state index is 9.50. The van der Waals surface area contributed by atoms with Gasteiger partial charge < -0.3 is 19.7 Å². The molecule has 0 radical (unpaired) electrons. The van der Waals surface area contributed by atoms with E-state index in [-0.39, 0.29) is 6.10 Å². The molecule has 0 aliphatic rings. The van der Waals surface area contributed by atoms with E-state index in [1.165, 1.54) is 6.26 Å². The van der Waals surface area contributed by atoms with E-state index >= 15 is 0 Å². The van der Waals surface area contributed by atoms with Crippen LogP contribution in [0.2, 0.25) is 0 Å². The summed E-state index contributed by atoms with van der Waals surface area (Å²) >= 11 is 0. The minimum Gasteiger partial charge on any atom is -0.389 e. The Labute approximate surface area is 89.4 Å². The van der Waals surface area contributed by atoms with Gasteiger partial charge in [-0.2, -0.15) is 0 Å². The lowest BCUT2D eigenvalue weighted by Gasteiger charge is -2.13. The van der Waals surface area contributed by atoms with E-state index in [4.69, 9.17) is 4.74 Å². The maximum absolute atomic E-state index is 9.50. The summed E-state index contributed by atoms with van der Waals surface area (Å²) in [7, 11) is 0. The number of hydrogen-bond acceptors (Lipinski definition) is 5. The van der Waals surface area contributed by atoms with E-state index < -0.39 is 6.10 Å². The molecule has 1 rings (SSSR count). The number of rotatable bonds is 7. The Hall–Kier alpha value is -0.910. The Bertz CT molecular complexity index is 249. The summed E-state index contributed by atoms with van der Waals surface area (Å²) < 4.78 is 9.94. The summed E-state index contributed by atoms with van der Waals surface area (Å²) in [4.78, 5) is 0. The van der Waals surface area contributed by atoms with Gasteiger partial charge in [-0.3, -0.25) is 0 Å². The molecule has 1 aromatic rings. The van der Waals surface area contributed by atoms with Crippen molar-refractivity contribution in [3.63, 3.8) is 0 Å². The van der Waals surface area contributed by atoms with Crippen molar-refractivity contribution in [1.82, 2.24) is 10.5 Å². The first kappa shape index (κ1) is 12.2. The van der Waals surface area contributed by atoms with Gasteiger partial charge in [-0.15, -0.1) is 0 Å². The van der Waals surface area contributed by atoms with Gasteiger partial charge in [0.2, 0.25) is 0 Å². The van der Waals surface area contributed by atoms with E-state index in [2.05, 4.69) is 15.0 Å². The second-order valence-electron chi connectivity index (χ2n) is 3.66. The van der Waals surface area contributed by atoms with Crippen LogP contribution >= 0.6 is 0 Å². The molecule has 0 bridgehead atoms. The molecular formula is C10H18N2O3. The highest BCUT2D eigenvalue weighted by Gasteiger charge is 2.05. The molecule has 0 amide bonds. The largest absolute Gasteiger partial charge is 0.389 e. The van der Waals surface area contributed by atoms with Crippen molar-refractivity contribution in [3.8, 4) is 0 Å². The number of nitrogens with zero attached hydrogens (tertiary/aromatic N) is 1. The molecule has 0 saturated carbocycles. The average Bonchev–Trinajstić information content (AvgIpc) is 2.67. The zero-order valence-corrected chi connectivity index (χ0v) is 9.14. The fourth-order valence-electron chi connectivity index (χ4n) is 1.06. The van der Waals surface area contributed by atoms with Crippen LogP contribution in [0.15, 0.2) is 16.9 Å². The molecule has 5 heteroatoms. The number of ether oxygens (including phenoxy) is 1. The first-order valence-corrected chi connectivity index (χ1v) is 5.08. The van der Waals surface area contributed by atoms with Crippen molar-refractivity contribution >= 4 is 0 Å².